The van der Waals surface area contributed by atoms with Gasteiger partial charge in [0.1, 0.15) is 13.7 Å². The summed E-state index contributed by atoms with van der Waals surface area (Å²) in [4.78, 5) is 11.1. The Bertz CT molecular complexity index is 633. The molecule has 5 heteroatoms. The molecule has 0 aliphatic carbocycles. The van der Waals surface area contributed by atoms with Crippen molar-refractivity contribution in [3.8, 4) is 0 Å². The summed E-state index contributed by atoms with van der Waals surface area (Å²) in [5.74, 6) is 0. The van der Waals surface area contributed by atoms with E-state index in [-0.39, 0.29) is 4.92 Å². The highest BCUT2D eigenvalue weighted by molar-refractivity contribution is 7.03. The van der Waals surface area contributed by atoms with Crippen molar-refractivity contribution in [2.24, 2.45) is 0 Å². The molecule has 0 amide bonds. The summed E-state index contributed by atoms with van der Waals surface area (Å²) in [6, 6.07) is 20.0. The lowest BCUT2D eigenvalue weighted by molar-refractivity contribution is -0.536. The second-order valence-corrected chi connectivity index (χ2v) is 10.4. The first-order valence-electron chi connectivity index (χ1n) is 7.43. The van der Waals surface area contributed by atoms with E-state index in [1.54, 1.807) is 6.92 Å². The molecule has 2 aromatic carbocycles. The zero-order valence-corrected chi connectivity index (χ0v) is 13.5. The number of hydrogen-bond donors (Lipinski definition) is 1. The van der Waals surface area contributed by atoms with Crippen LogP contribution in [0.4, 0.5) is 0 Å². The van der Waals surface area contributed by atoms with Crippen LogP contribution in [0.5, 0.6) is 0 Å². The van der Waals surface area contributed by atoms with Crippen LogP contribution >= 0.6 is 0 Å². The van der Waals surface area contributed by atoms with Crippen LogP contribution in [0.3, 0.4) is 0 Å². The quantitative estimate of drug-likeness (QED) is 0.532. The fourth-order valence-corrected chi connectivity index (χ4v) is 9.50. The van der Waals surface area contributed by atoms with E-state index in [4.69, 9.17) is 0 Å². The predicted molar refractivity (Wildman–Crippen MR) is 88.9 cm³/mol. The smallest absolute Gasteiger partial charge is 0.239 e. The molecule has 2 aromatic rings. The monoisotopic (exact) mass is 313 g/mol. The highest BCUT2D eigenvalue weighted by Gasteiger charge is 2.60. The molecule has 0 aromatic heterocycles. The van der Waals surface area contributed by atoms with Crippen LogP contribution in [-0.4, -0.2) is 29.7 Å². The van der Waals surface area contributed by atoms with Gasteiger partial charge in [-0.25, -0.2) is 0 Å². The van der Waals surface area contributed by atoms with Crippen molar-refractivity contribution >= 4 is 18.4 Å². The number of aliphatic hydroxyl groups is 1. The summed E-state index contributed by atoms with van der Waals surface area (Å²) >= 11 is 0. The molecule has 1 heterocycles. The summed E-state index contributed by atoms with van der Waals surface area (Å²) in [6.45, 7) is 1.61. The zero-order valence-electron chi connectivity index (χ0n) is 12.5. The first-order valence-corrected chi connectivity index (χ1v) is 9.84. The molecule has 1 fully saturated rings. The number of nitro groups is 1. The van der Waals surface area contributed by atoms with E-state index in [1.807, 2.05) is 36.4 Å². The average Bonchev–Trinajstić information content (AvgIpc) is 2.82. The molecule has 1 N–H and O–H groups in total. The van der Waals surface area contributed by atoms with Gasteiger partial charge in [-0.3, -0.25) is 10.1 Å². The largest absolute Gasteiger partial charge is 0.383 e. The third-order valence-corrected chi connectivity index (χ3v) is 10.1. The summed E-state index contributed by atoms with van der Waals surface area (Å²) in [5.41, 5.74) is -1.26. The van der Waals surface area contributed by atoms with Crippen molar-refractivity contribution < 1.29 is 10.0 Å². The minimum absolute atomic E-state index is 0.305. The number of hydrogen-bond acceptors (Lipinski definition) is 3. The molecule has 0 spiro atoms. The van der Waals surface area contributed by atoms with Crippen LogP contribution in [-0.2, 0) is 0 Å². The minimum Gasteiger partial charge on any atom is -0.383 e. The van der Waals surface area contributed by atoms with Gasteiger partial charge in [0.05, 0.1) is 0 Å². The van der Waals surface area contributed by atoms with Crippen LogP contribution < -0.4 is 10.4 Å². The summed E-state index contributed by atoms with van der Waals surface area (Å²) in [7, 11) is -2.34. The van der Waals surface area contributed by atoms with Gasteiger partial charge in [0.15, 0.2) is 0 Å². The molecule has 0 radical (unpaired) electrons. The van der Waals surface area contributed by atoms with Gasteiger partial charge in [0.2, 0.25) is 6.04 Å². The van der Waals surface area contributed by atoms with Crippen molar-refractivity contribution in [3.05, 3.63) is 70.8 Å². The Labute approximate surface area is 130 Å². The third-order valence-electron chi connectivity index (χ3n) is 4.83. The van der Waals surface area contributed by atoms with Crippen molar-refractivity contribution in [2.45, 2.75) is 30.7 Å². The lowest BCUT2D eigenvalue weighted by Crippen LogP contribution is -2.57. The Morgan fingerprint density at radius 1 is 1.09 bits per heavy atom. The molecule has 1 aliphatic rings. The topological polar surface area (TPSA) is 63.4 Å². The summed E-state index contributed by atoms with van der Waals surface area (Å²) < 4.78 is 0. The van der Waals surface area contributed by atoms with Crippen LogP contribution in [0.2, 0.25) is 12.1 Å². The highest BCUT2D eigenvalue weighted by Crippen LogP contribution is 2.39. The second-order valence-electron chi connectivity index (χ2n) is 6.35. The molecule has 0 bridgehead atoms. The van der Waals surface area contributed by atoms with Gasteiger partial charge in [-0.15, -0.1) is 0 Å². The third kappa shape index (κ3) is 2.36. The van der Waals surface area contributed by atoms with E-state index in [9.17, 15) is 15.2 Å². The van der Waals surface area contributed by atoms with Crippen molar-refractivity contribution in [1.82, 2.24) is 0 Å². The molecule has 0 unspecified atom stereocenters. The molecular formula is C17H19NO3Si. The highest BCUT2D eigenvalue weighted by atomic mass is 28.3. The molecule has 1 aliphatic heterocycles. The SMILES string of the molecule is C[C@]1(O)C[Si](c2ccccc2)(c2ccccc2)C[C@@H]1[N+](=O)[O-]. The molecular weight excluding hydrogens is 294 g/mol. The normalized spacial score (nSPS) is 26.7. The van der Waals surface area contributed by atoms with Crippen molar-refractivity contribution in [2.75, 3.05) is 0 Å². The predicted octanol–water partition coefficient (Wildman–Crippen LogP) is 1.66. The maximum absolute atomic E-state index is 11.4. The Morgan fingerprint density at radius 3 is 1.91 bits per heavy atom. The van der Waals surface area contributed by atoms with Crippen molar-refractivity contribution in [1.29, 1.82) is 0 Å². The Morgan fingerprint density at radius 2 is 1.55 bits per heavy atom. The average molecular weight is 313 g/mol. The van der Waals surface area contributed by atoms with E-state index in [0.717, 1.165) is 10.4 Å². The Balaban J connectivity index is 2.17. The van der Waals surface area contributed by atoms with Gasteiger partial charge in [0, 0.05) is 11.0 Å². The Kier molecular flexibility index (Phi) is 3.62. The molecule has 3 rings (SSSR count). The van der Waals surface area contributed by atoms with E-state index in [2.05, 4.69) is 24.3 Å². The molecule has 0 saturated carbocycles. The standard InChI is InChI=1S/C17H19NO3Si/c1-17(19)13-22(12-16(17)18(20)21,14-8-4-2-5-9-14)15-10-6-3-7-11-15/h2-11,16,19H,12-13H2,1H3/t16-,17-/m0/s1. The van der Waals surface area contributed by atoms with Gasteiger partial charge < -0.3 is 5.11 Å². The lowest BCUT2D eigenvalue weighted by atomic mass is 10.0. The lowest BCUT2D eigenvalue weighted by Gasteiger charge is -2.28. The number of benzene rings is 2. The van der Waals surface area contributed by atoms with Crippen LogP contribution in [0.25, 0.3) is 0 Å². The molecule has 22 heavy (non-hydrogen) atoms. The van der Waals surface area contributed by atoms with Gasteiger partial charge in [-0.2, -0.15) is 0 Å². The maximum atomic E-state index is 11.4. The first kappa shape index (κ1) is 14.9. The summed E-state index contributed by atoms with van der Waals surface area (Å²) in [6.07, 6.45) is 0. The van der Waals surface area contributed by atoms with E-state index in [0.29, 0.717) is 12.1 Å². The van der Waals surface area contributed by atoms with Crippen molar-refractivity contribution in [3.63, 3.8) is 0 Å². The van der Waals surface area contributed by atoms with Crippen LogP contribution in [0.15, 0.2) is 60.7 Å². The second kappa shape index (κ2) is 5.33. The first-order chi connectivity index (χ1) is 10.5. The molecule has 4 nitrogen and oxygen atoms in total. The van der Waals surface area contributed by atoms with E-state index < -0.39 is 19.7 Å². The summed E-state index contributed by atoms with van der Waals surface area (Å²) in [5, 5.41) is 24.4. The van der Waals surface area contributed by atoms with Gasteiger partial charge in [-0.05, 0) is 13.0 Å². The van der Waals surface area contributed by atoms with Gasteiger partial charge in [-0.1, -0.05) is 71.0 Å². The Hall–Kier alpha value is -1.98. The minimum atomic E-state index is -2.34. The van der Waals surface area contributed by atoms with Gasteiger partial charge in [0.25, 0.3) is 0 Å². The molecule has 114 valence electrons. The molecule has 2 atom stereocenters. The maximum Gasteiger partial charge on any atom is 0.239 e. The van der Waals surface area contributed by atoms with Crippen LogP contribution in [0.1, 0.15) is 6.92 Å². The number of nitrogens with zero attached hydrogens (tertiary/aromatic N) is 1. The van der Waals surface area contributed by atoms with E-state index >= 15 is 0 Å². The molecule has 1 saturated heterocycles. The van der Waals surface area contributed by atoms with Crippen LogP contribution in [0, 0.1) is 10.1 Å². The fourth-order valence-electron chi connectivity index (χ4n) is 3.77. The fraction of sp³-hybridized carbons (Fsp3) is 0.294. The van der Waals surface area contributed by atoms with E-state index in [1.165, 1.54) is 0 Å². The van der Waals surface area contributed by atoms with Gasteiger partial charge >= 0.3 is 0 Å². The number of rotatable bonds is 3. The zero-order chi connectivity index (χ0) is 15.8.